The quantitative estimate of drug-likeness (QED) is 0.797. The molecule has 86 valence electrons. The van der Waals surface area contributed by atoms with Crippen molar-refractivity contribution in [3.8, 4) is 0 Å². The van der Waals surface area contributed by atoms with E-state index in [1.165, 1.54) is 12.7 Å². The highest BCUT2D eigenvalue weighted by molar-refractivity contribution is 9.10. The SMILES string of the molecule is COC(=O)[C@H]1CCN1Cc1ccc(Br)cc1. The molecule has 3 nitrogen and oxygen atoms in total. The monoisotopic (exact) mass is 283 g/mol. The molecule has 0 radical (unpaired) electrons. The summed E-state index contributed by atoms with van der Waals surface area (Å²) >= 11 is 3.40. The highest BCUT2D eigenvalue weighted by Crippen LogP contribution is 2.22. The van der Waals surface area contributed by atoms with E-state index in [2.05, 4.69) is 33.0 Å². The summed E-state index contributed by atoms with van der Waals surface area (Å²) in [5.74, 6) is -0.122. The van der Waals surface area contributed by atoms with Crippen LogP contribution in [0.25, 0.3) is 0 Å². The number of hydrogen-bond donors (Lipinski definition) is 0. The Hall–Kier alpha value is -0.870. The van der Waals surface area contributed by atoms with Gasteiger partial charge in [-0.1, -0.05) is 28.1 Å². The average molecular weight is 284 g/mol. The second-order valence-corrected chi connectivity index (χ2v) is 4.84. The maximum atomic E-state index is 11.4. The van der Waals surface area contributed by atoms with Crippen LogP contribution in [0.5, 0.6) is 0 Å². The molecule has 1 atom stereocenters. The number of carbonyl (C=O) groups is 1. The van der Waals surface area contributed by atoms with Crippen LogP contribution in [0.1, 0.15) is 12.0 Å². The first-order chi connectivity index (χ1) is 7.70. The number of likely N-dealkylation sites (tertiary alicyclic amines) is 1. The number of esters is 1. The smallest absolute Gasteiger partial charge is 0.323 e. The van der Waals surface area contributed by atoms with Crippen molar-refractivity contribution in [2.75, 3.05) is 13.7 Å². The molecule has 1 aromatic rings. The zero-order chi connectivity index (χ0) is 11.5. The van der Waals surface area contributed by atoms with Gasteiger partial charge in [0.1, 0.15) is 6.04 Å². The van der Waals surface area contributed by atoms with Gasteiger partial charge >= 0.3 is 5.97 Å². The lowest BCUT2D eigenvalue weighted by Crippen LogP contribution is -2.52. The van der Waals surface area contributed by atoms with Gasteiger partial charge in [0.25, 0.3) is 0 Å². The Labute approximate surface area is 104 Å². The third-order valence-electron chi connectivity index (χ3n) is 2.90. The molecule has 1 fully saturated rings. The Kier molecular flexibility index (Phi) is 3.61. The normalized spacial score (nSPS) is 20.2. The topological polar surface area (TPSA) is 29.5 Å². The van der Waals surface area contributed by atoms with E-state index in [4.69, 9.17) is 4.74 Å². The number of rotatable bonds is 3. The molecule has 0 saturated carbocycles. The van der Waals surface area contributed by atoms with Gasteiger partial charge < -0.3 is 4.74 Å². The van der Waals surface area contributed by atoms with Crippen LogP contribution in [0.2, 0.25) is 0 Å². The minimum absolute atomic E-state index is 0.0475. The summed E-state index contributed by atoms with van der Waals surface area (Å²) in [6.07, 6.45) is 0.906. The number of halogens is 1. The highest BCUT2D eigenvalue weighted by Gasteiger charge is 2.34. The third-order valence-corrected chi connectivity index (χ3v) is 3.43. The van der Waals surface area contributed by atoms with E-state index in [-0.39, 0.29) is 12.0 Å². The van der Waals surface area contributed by atoms with Gasteiger partial charge in [-0.25, -0.2) is 0 Å². The van der Waals surface area contributed by atoms with Crippen molar-refractivity contribution in [2.45, 2.75) is 19.0 Å². The molecule has 0 N–H and O–H groups in total. The molecule has 0 spiro atoms. The van der Waals surface area contributed by atoms with Gasteiger partial charge in [0.05, 0.1) is 7.11 Å². The number of carbonyl (C=O) groups excluding carboxylic acids is 1. The van der Waals surface area contributed by atoms with Crippen molar-refractivity contribution >= 4 is 21.9 Å². The lowest BCUT2D eigenvalue weighted by molar-refractivity contribution is -0.152. The van der Waals surface area contributed by atoms with Crippen LogP contribution in [0, 0.1) is 0 Å². The van der Waals surface area contributed by atoms with Crippen molar-refractivity contribution in [3.05, 3.63) is 34.3 Å². The molecule has 0 unspecified atom stereocenters. The lowest BCUT2D eigenvalue weighted by Gasteiger charge is -2.38. The molecule has 0 bridgehead atoms. The first kappa shape index (κ1) is 11.6. The van der Waals surface area contributed by atoms with E-state index in [0.29, 0.717) is 0 Å². The fourth-order valence-electron chi connectivity index (χ4n) is 1.86. The minimum atomic E-state index is -0.122. The van der Waals surface area contributed by atoms with E-state index in [1.54, 1.807) is 0 Å². The minimum Gasteiger partial charge on any atom is -0.468 e. The van der Waals surface area contributed by atoms with Crippen molar-refractivity contribution < 1.29 is 9.53 Å². The molecule has 0 amide bonds. The fourth-order valence-corrected chi connectivity index (χ4v) is 2.12. The zero-order valence-electron chi connectivity index (χ0n) is 9.15. The summed E-state index contributed by atoms with van der Waals surface area (Å²) in [6.45, 7) is 1.78. The molecule has 16 heavy (non-hydrogen) atoms. The van der Waals surface area contributed by atoms with Crippen LogP contribution in [-0.4, -0.2) is 30.6 Å². The summed E-state index contributed by atoms with van der Waals surface area (Å²) in [5, 5.41) is 0. The lowest BCUT2D eigenvalue weighted by atomic mass is 10.0. The molecule has 0 aromatic heterocycles. The first-order valence-electron chi connectivity index (χ1n) is 5.27. The van der Waals surface area contributed by atoms with E-state index in [1.807, 2.05) is 12.1 Å². The largest absolute Gasteiger partial charge is 0.468 e. The molecular weight excluding hydrogens is 270 g/mol. The van der Waals surface area contributed by atoms with Crippen LogP contribution in [0.4, 0.5) is 0 Å². The summed E-state index contributed by atoms with van der Waals surface area (Å²) in [6, 6.07) is 8.12. The van der Waals surface area contributed by atoms with Gasteiger partial charge in [-0.3, -0.25) is 9.69 Å². The molecule has 1 aromatic carbocycles. The van der Waals surface area contributed by atoms with Gasteiger partial charge in [-0.15, -0.1) is 0 Å². The Morgan fingerprint density at radius 3 is 2.69 bits per heavy atom. The van der Waals surface area contributed by atoms with Crippen LogP contribution in [0.3, 0.4) is 0 Å². The second kappa shape index (κ2) is 4.97. The molecule has 1 aliphatic rings. The molecule has 1 saturated heterocycles. The summed E-state index contributed by atoms with van der Waals surface area (Å²) in [4.78, 5) is 13.5. The van der Waals surface area contributed by atoms with Gasteiger partial charge in [-0.2, -0.15) is 0 Å². The number of nitrogens with zero attached hydrogens (tertiary/aromatic N) is 1. The standard InChI is InChI=1S/C12H14BrNO2/c1-16-12(15)11-6-7-14(11)8-9-2-4-10(13)5-3-9/h2-5,11H,6-8H2,1H3/t11-/m1/s1. The van der Waals surface area contributed by atoms with Crippen molar-refractivity contribution in [1.82, 2.24) is 4.90 Å². The van der Waals surface area contributed by atoms with E-state index in [9.17, 15) is 4.79 Å². The molecular formula is C12H14BrNO2. The molecule has 2 rings (SSSR count). The van der Waals surface area contributed by atoms with E-state index in [0.717, 1.165) is 24.0 Å². The Morgan fingerprint density at radius 1 is 1.50 bits per heavy atom. The van der Waals surface area contributed by atoms with Crippen molar-refractivity contribution in [3.63, 3.8) is 0 Å². The maximum Gasteiger partial charge on any atom is 0.323 e. The molecule has 4 heteroatoms. The van der Waals surface area contributed by atoms with Gasteiger partial charge in [0, 0.05) is 17.6 Å². The van der Waals surface area contributed by atoms with E-state index >= 15 is 0 Å². The van der Waals surface area contributed by atoms with Gasteiger partial charge in [0.2, 0.25) is 0 Å². The van der Waals surface area contributed by atoms with Gasteiger partial charge in [0.15, 0.2) is 0 Å². The predicted molar refractivity (Wildman–Crippen MR) is 65.0 cm³/mol. The zero-order valence-corrected chi connectivity index (χ0v) is 10.7. The number of ether oxygens (including phenoxy) is 1. The van der Waals surface area contributed by atoms with Crippen molar-refractivity contribution in [1.29, 1.82) is 0 Å². The fraction of sp³-hybridized carbons (Fsp3) is 0.417. The number of hydrogen-bond acceptors (Lipinski definition) is 3. The van der Waals surface area contributed by atoms with Crippen LogP contribution in [-0.2, 0) is 16.1 Å². The predicted octanol–water partition coefficient (Wildman–Crippen LogP) is 2.20. The van der Waals surface area contributed by atoms with Gasteiger partial charge in [-0.05, 0) is 24.1 Å². The maximum absolute atomic E-state index is 11.4. The van der Waals surface area contributed by atoms with Crippen LogP contribution >= 0.6 is 15.9 Å². The van der Waals surface area contributed by atoms with Crippen LogP contribution < -0.4 is 0 Å². The summed E-state index contributed by atoms with van der Waals surface area (Å²) in [5.41, 5.74) is 1.22. The summed E-state index contributed by atoms with van der Waals surface area (Å²) in [7, 11) is 1.44. The summed E-state index contributed by atoms with van der Waals surface area (Å²) < 4.78 is 5.83. The average Bonchev–Trinajstić information content (AvgIpc) is 2.26. The van der Waals surface area contributed by atoms with Crippen molar-refractivity contribution in [2.24, 2.45) is 0 Å². The Bertz CT molecular complexity index is 377. The molecule has 0 aliphatic carbocycles. The molecule has 1 aliphatic heterocycles. The molecule has 1 heterocycles. The Balaban J connectivity index is 1.95. The highest BCUT2D eigenvalue weighted by atomic mass is 79.9. The Morgan fingerprint density at radius 2 is 2.19 bits per heavy atom. The third kappa shape index (κ3) is 2.44. The van der Waals surface area contributed by atoms with Crippen LogP contribution in [0.15, 0.2) is 28.7 Å². The number of benzene rings is 1. The number of methoxy groups -OCH3 is 1. The first-order valence-corrected chi connectivity index (χ1v) is 6.06. The second-order valence-electron chi connectivity index (χ2n) is 3.92. The van der Waals surface area contributed by atoms with E-state index < -0.39 is 0 Å².